The first-order valence-electron chi connectivity index (χ1n) is 8.84. The van der Waals surface area contributed by atoms with Gasteiger partial charge in [-0.3, -0.25) is 0 Å². The fourth-order valence-corrected chi connectivity index (χ4v) is 3.28. The highest BCUT2D eigenvalue weighted by Crippen LogP contribution is 2.40. The predicted octanol–water partition coefficient (Wildman–Crippen LogP) is 4.84. The molecule has 2 aliphatic rings. The van der Waals surface area contributed by atoms with Gasteiger partial charge >= 0.3 is 0 Å². The molecule has 1 aromatic heterocycles. The van der Waals surface area contributed by atoms with Gasteiger partial charge < -0.3 is 10.6 Å². The van der Waals surface area contributed by atoms with Gasteiger partial charge in [0, 0.05) is 23.7 Å². The highest BCUT2D eigenvalue weighted by Gasteiger charge is 2.26. The summed E-state index contributed by atoms with van der Waals surface area (Å²) in [4.78, 5) is 9.47. The fourth-order valence-electron chi connectivity index (χ4n) is 3.28. The summed E-state index contributed by atoms with van der Waals surface area (Å²) in [5.41, 5.74) is 2.24. The Morgan fingerprint density at radius 2 is 1.65 bits per heavy atom. The van der Waals surface area contributed by atoms with Crippen LogP contribution < -0.4 is 10.6 Å². The Morgan fingerprint density at radius 3 is 2.39 bits per heavy atom. The molecule has 0 aliphatic heterocycles. The summed E-state index contributed by atoms with van der Waals surface area (Å²) in [5, 5.41) is 6.98. The van der Waals surface area contributed by atoms with E-state index in [0.717, 1.165) is 17.5 Å². The van der Waals surface area contributed by atoms with E-state index in [2.05, 4.69) is 28.8 Å². The average Bonchev–Trinajstić information content (AvgIpc) is 3.41. The molecule has 23 heavy (non-hydrogen) atoms. The molecular weight excluding hydrogens is 284 g/mol. The van der Waals surface area contributed by atoms with Crippen LogP contribution in [0.15, 0.2) is 36.4 Å². The summed E-state index contributed by atoms with van der Waals surface area (Å²) >= 11 is 0. The Balaban J connectivity index is 1.55. The highest BCUT2D eigenvalue weighted by molar-refractivity contribution is 5.57. The molecule has 2 aliphatic carbocycles. The van der Waals surface area contributed by atoms with Crippen molar-refractivity contribution >= 4 is 17.5 Å². The third-order valence-corrected chi connectivity index (χ3v) is 4.73. The lowest BCUT2D eigenvalue weighted by molar-refractivity contribution is 0.460. The molecule has 120 valence electrons. The maximum absolute atomic E-state index is 4.77. The van der Waals surface area contributed by atoms with Crippen LogP contribution in [0.2, 0.25) is 0 Å². The zero-order valence-electron chi connectivity index (χ0n) is 13.5. The summed E-state index contributed by atoms with van der Waals surface area (Å²) in [7, 11) is 0. The van der Waals surface area contributed by atoms with Gasteiger partial charge in [0.25, 0.3) is 0 Å². The molecule has 2 aromatic rings. The maximum atomic E-state index is 4.77. The van der Waals surface area contributed by atoms with Crippen LogP contribution in [0.3, 0.4) is 0 Å². The van der Waals surface area contributed by atoms with Gasteiger partial charge in [-0.15, -0.1) is 0 Å². The lowest BCUT2D eigenvalue weighted by Crippen LogP contribution is -2.23. The van der Waals surface area contributed by atoms with Crippen LogP contribution in [0.1, 0.15) is 56.6 Å². The normalized spacial score (nSPS) is 18.6. The van der Waals surface area contributed by atoms with E-state index in [9.17, 15) is 0 Å². The number of hydrogen-bond acceptors (Lipinski definition) is 4. The second kappa shape index (κ2) is 6.57. The molecule has 0 bridgehead atoms. The Morgan fingerprint density at radius 1 is 0.870 bits per heavy atom. The van der Waals surface area contributed by atoms with E-state index in [0.29, 0.717) is 12.0 Å². The molecule has 4 rings (SSSR count). The minimum absolute atomic E-state index is 0.530. The van der Waals surface area contributed by atoms with E-state index < -0.39 is 0 Å². The second-order valence-electron chi connectivity index (χ2n) is 6.75. The summed E-state index contributed by atoms with van der Waals surface area (Å²) < 4.78 is 0. The quantitative estimate of drug-likeness (QED) is 0.829. The summed E-state index contributed by atoms with van der Waals surface area (Å²) in [6.07, 6.45) is 8.97. The van der Waals surface area contributed by atoms with Crippen LogP contribution in [0.4, 0.5) is 17.5 Å². The third-order valence-electron chi connectivity index (χ3n) is 4.73. The van der Waals surface area contributed by atoms with Crippen molar-refractivity contribution < 1.29 is 0 Å². The molecule has 4 heteroatoms. The SMILES string of the molecule is c1ccc(Nc2cc(C3CC3)nc(NC3CCCCC3)n2)cc1. The molecule has 2 N–H and O–H groups in total. The van der Waals surface area contributed by atoms with Crippen molar-refractivity contribution in [3.63, 3.8) is 0 Å². The first kappa shape index (κ1) is 14.5. The van der Waals surface area contributed by atoms with Crippen LogP contribution in [0.25, 0.3) is 0 Å². The molecule has 0 amide bonds. The average molecular weight is 308 g/mol. The molecule has 1 heterocycles. The van der Waals surface area contributed by atoms with E-state index in [1.165, 1.54) is 50.6 Å². The third kappa shape index (κ3) is 3.81. The summed E-state index contributed by atoms with van der Waals surface area (Å²) in [5.74, 6) is 2.31. The molecule has 0 saturated heterocycles. The van der Waals surface area contributed by atoms with Gasteiger partial charge in [-0.2, -0.15) is 4.98 Å². The molecule has 1 aromatic carbocycles. The van der Waals surface area contributed by atoms with E-state index >= 15 is 0 Å². The van der Waals surface area contributed by atoms with E-state index in [4.69, 9.17) is 9.97 Å². The molecule has 0 radical (unpaired) electrons. The highest BCUT2D eigenvalue weighted by atomic mass is 15.2. The van der Waals surface area contributed by atoms with Crippen molar-refractivity contribution in [1.82, 2.24) is 9.97 Å². The number of rotatable bonds is 5. The van der Waals surface area contributed by atoms with Crippen molar-refractivity contribution in [2.45, 2.75) is 56.9 Å². The van der Waals surface area contributed by atoms with Gasteiger partial charge in [-0.05, 0) is 37.8 Å². The molecule has 2 saturated carbocycles. The number of hydrogen-bond donors (Lipinski definition) is 2. The minimum Gasteiger partial charge on any atom is -0.351 e. The van der Waals surface area contributed by atoms with Crippen LogP contribution in [0, 0.1) is 0 Å². The predicted molar refractivity (Wildman–Crippen MR) is 94.2 cm³/mol. The van der Waals surface area contributed by atoms with Crippen molar-refractivity contribution in [3.8, 4) is 0 Å². The van der Waals surface area contributed by atoms with Crippen molar-refractivity contribution in [1.29, 1.82) is 0 Å². The van der Waals surface area contributed by atoms with Gasteiger partial charge in [0.05, 0.1) is 5.69 Å². The molecule has 2 fully saturated rings. The number of anilines is 3. The summed E-state index contributed by atoms with van der Waals surface area (Å²) in [6.45, 7) is 0. The lowest BCUT2D eigenvalue weighted by Gasteiger charge is -2.23. The van der Waals surface area contributed by atoms with E-state index in [1.54, 1.807) is 0 Å². The lowest BCUT2D eigenvalue weighted by atomic mass is 9.96. The Labute approximate surface area is 137 Å². The van der Waals surface area contributed by atoms with Crippen LogP contribution in [-0.4, -0.2) is 16.0 Å². The van der Waals surface area contributed by atoms with Crippen molar-refractivity contribution in [2.75, 3.05) is 10.6 Å². The molecule has 0 unspecified atom stereocenters. The number of aromatic nitrogens is 2. The second-order valence-corrected chi connectivity index (χ2v) is 6.75. The van der Waals surface area contributed by atoms with E-state index in [-0.39, 0.29) is 0 Å². The molecular formula is C19H24N4. The van der Waals surface area contributed by atoms with Crippen molar-refractivity contribution in [3.05, 3.63) is 42.1 Å². The number of para-hydroxylation sites is 1. The van der Waals surface area contributed by atoms with Crippen LogP contribution in [-0.2, 0) is 0 Å². The Bertz CT molecular complexity index is 646. The fraction of sp³-hybridized carbons (Fsp3) is 0.474. The minimum atomic E-state index is 0.530. The van der Waals surface area contributed by atoms with Crippen LogP contribution in [0.5, 0.6) is 0 Å². The van der Waals surface area contributed by atoms with Gasteiger partial charge in [-0.1, -0.05) is 37.5 Å². The zero-order chi connectivity index (χ0) is 15.5. The smallest absolute Gasteiger partial charge is 0.225 e. The van der Waals surface area contributed by atoms with Gasteiger partial charge in [-0.25, -0.2) is 4.98 Å². The maximum Gasteiger partial charge on any atom is 0.225 e. The zero-order valence-corrected chi connectivity index (χ0v) is 13.5. The molecule has 0 spiro atoms. The van der Waals surface area contributed by atoms with Crippen LogP contribution >= 0.6 is 0 Å². The number of benzene rings is 1. The van der Waals surface area contributed by atoms with E-state index in [1.807, 2.05) is 18.2 Å². The van der Waals surface area contributed by atoms with Gasteiger partial charge in [0.15, 0.2) is 0 Å². The largest absolute Gasteiger partial charge is 0.351 e. The summed E-state index contributed by atoms with van der Waals surface area (Å²) in [6, 6.07) is 12.9. The monoisotopic (exact) mass is 308 g/mol. The Hall–Kier alpha value is -2.10. The number of nitrogens with one attached hydrogen (secondary N) is 2. The molecule has 4 nitrogen and oxygen atoms in total. The van der Waals surface area contributed by atoms with Gasteiger partial charge in [0.1, 0.15) is 5.82 Å². The van der Waals surface area contributed by atoms with Gasteiger partial charge in [0.2, 0.25) is 5.95 Å². The van der Waals surface area contributed by atoms with Crippen molar-refractivity contribution in [2.24, 2.45) is 0 Å². The molecule has 0 atom stereocenters. The number of nitrogens with zero attached hydrogens (tertiary/aromatic N) is 2. The standard InChI is InChI=1S/C19H24N4/c1-3-7-15(8-4-1)20-18-13-17(14-11-12-14)22-19(23-18)21-16-9-5-2-6-10-16/h1,3-4,7-8,13-14,16H,2,5-6,9-12H2,(H2,20,21,22,23). The Kier molecular flexibility index (Phi) is 4.14. The first-order chi connectivity index (χ1) is 11.4. The topological polar surface area (TPSA) is 49.8 Å². The first-order valence-corrected chi connectivity index (χ1v) is 8.84.